The Hall–Kier alpha value is -2.73. The maximum atomic E-state index is 13.4. The van der Waals surface area contributed by atoms with Crippen LogP contribution in [0.15, 0.2) is 53.1 Å². The van der Waals surface area contributed by atoms with Crippen molar-refractivity contribution in [2.45, 2.75) is 18.8 Å². The normalized spacial score (nSPS) is 17.1. The fourth-order valence-electron chi connectivity index (χ4n) is 3.28. The van der Waals surface area contributed by atoms with Crippen molar-refractivity contribution < 1.29 is 13.7 Å². The summed E-state index contributed by atoms with van der Waals surface area (Å²) >= 11 is 5.89. The third-order valence-corrected chi connectivity index (χ3v) is 4.93. The lowest BCUT2D eigenvalue weighted by Crippen LogP contribution is -2.39. The summed E-state index contributed by atoms with van der Waals surface area (Å²) in [6.07, 6.45) is 1.71. The van der Waals surface area contributed by atoms with Crippen molar-refractivity contribution in [3.8, 4) is 11.4 Å². The van der Waals surface area contributed by atoms with Crippen molar-refractivity contribution in [3.63, 3.8) is 0 Å². The lowest BCUT2D eigenvalue weighted by atomic mass is 9.97. The molecule has 0 radical (unpaired) electrons. The first-order chi connectivity index (χ1) is 13.1. The first-order valence-corrected chi connectivity index (χ1v) is 9.12. The number of amides is 1. The van der Waals surface area contributed by atoms with Gasteiger partial charge in [0, 0.05) is 29.2 Å². The average molecular weight is 386 g/mol. The highest BCUT2D eigenvalue weighted by atomic mass is 35.5. The first-order valence-electron chi connectivity index (χ1n) is 8.74. The summed E-state index contributed by atoms with van der Waals surface area (Å²) in [5, 5.41) is 4.57. The van der Waals surface area contributed by atoms with Crippen LogP contribution in [0.2, 0.25) is 5.02 Å². The van der Waals surface area contributed by atoms with E-state index < -0.39 is 0 Å². The molecule has 0 bridgehead atoms. The third-order valence-electron chi connectivity index (χ3n) is 4.67. The monoisotopic (exact) mass is 385 g/mol. The van der Waals surface area contributed by atoms with Crippen LogP contribution in [0.4, 0.5) is 4.39 Å². The number of hydrogen-bond donors (Lipinski definition) is 0. The summed E-state index contributed by atoms with van der Waals surface area (Å²) in [6, 6.07) is 12.9. The Morgan fingerprint density at radius 3 is 2.81 bits per heavy atom. The zero-order valence-electron chi connectivity index (χ0n) is 14.4. The molecule has 0 N–H and O–H groups in total. The van der Waals surface area contributed by atoms with Gasteiger partial charge in [-0.25, -0.2) is 4.39 Å². The molecule has 1 amide bonds. The van der Waals surface area contributed by atoms with E-state index in [4.69, 9.17) is 16.1 Å². The molecule has 5 nitrogen and oxygen atoms in total. The van der Waals surface area contributed by atoms with Gasteiger partial charge in [-0.1, -0.05) is 28.9 Å². The fourth-order valence-corrected chi connectivity index (χ4v) is 3.41. The van der Waals surface area contributed by atoms with Crippen LogP contribution in [0, 0.1) is 5.82 Å². The standard InChI is InChI=1S/C20H17ClFN3O2/c21-16-8-6-13(7-9-16)20(26)25-10-2-4-15(12-25)19-23-18(24-27-19)14-3-1-5-17(22)11-14/h1,3,5-9,11,15H,2,4,10,12H2. The minimum absolute atomic E-state index is 0.0372. The van der Waals surface area contributed by atoms with Gasteiger partial charge in [0.2, 0.25) is 11.7 Å². The first kappa shape index (κ1) is 17.7. The van der Waals surface area contributed by atoms with Crippen LogP contribution in [0.3, 0.4) is 0 Å². The predicted octanol–water partition coefficient (Wildman–Crippen LogP) is 4.55. The van der Waals surface area contributed by atoms with Gasteiger partial charge >= 0.3 is 0 Å². The molecule has 0 aliphatic carbocycles. The second kappa shape index (κ2) is 7.48. The highest BCUT2D eigenvalue weighted by Gasteiger charge is 2.29. The second-order valence-corrected chi connectivity index (χ2v) is 7.00. The molecular formula is C20H17ClFN3O2. The number of piperidine rings is 1. The number of likely N-dealkylation sites (tertiary alicyclic amines) is 1. The summed E-state index contributed by atoms with van der Waals surface area (Å²) in [7, 11) is 0. The average Bonchev–Trinajstić information content (AvgIpc) is 3.18. The molecule has 0 saturated carbocycles. The second-order valence-electron chi connectivity index (χ2n) is 6.56. The van der Waals surface area contributed by atoms with Crippen LogP contribution in [0.5, 0.6) is 0 Å². The van der Waals surface area contributed by atoms with Gasteiger partial charge in [0.05, 0.1) is 5.92 Å². The smallest absolute Gasteiger partial charge is 0.253 e. The summed E-state index contributed by atoms with van der Waals surface area (Å²) in [5.74, 6) is 0.399. The molecule has 2 heterocycles. The largest absolute Gasteiger partial charge is 0.339 e. The Balaban J connectivity index is 1.50. The Kier molecular flexibility index (Phi) is 4.90. The van der Waals surface area contributed by atoms with Gasteiger partial charge < -0.3 is 9.42 Å². The van der Waals surface area contributed by atoms with Gasteiger partial charge in [-0.3, -0.25) is 4.79 Å². The highest BCUT2D eigenvalue weighted by molar-refractivity contribution is 6.30. The summed E-state index contributed by atoms with van der Waals surface area (Å²) in [5.41, 5.74) is 1.17. The number of carbonyl (C=O) groups is 1. The van der Waals surface area contributed by atoms with E-state index in [-0.39, 0.29) is 17.6 Å². The summed E-state index contributed by atoms with van der Waals surface area (Å²) in [4.78, 5) is 18.9. The molecule has 1 atom stereocenters. The SMILES string of the molecule is O=C(c1ccc(Cl)cc1)N1CCCC(c2nc(-c3cccc(F)c3)no2)C1. The fraction of sp³-hybridized carbons (Fsp3) is 0.250. The van der Waals surface area contributed by atoms with Crippen LogP contribution < -0.4 is 0 Å². The minimum atomic E-state index is -0.351. The van der Waals surface area contributed by atoms with E-state index in [9.17, 15) is 9.18 Å². The van der Waals surface area contributed by atoms with Gasteiger partial charge in [0.25, 0.3) is 5.91 Å². The number of nitrogens with zero attached hydrogens (tertiary/aromatic N) is 3. The molecule has 138 valence electrons. The van der Waals surface area contributed by atoms with Crippen LogP contribution >= 0.6 is 11.6 Å². The molecule has 0 spiro atoms. The zero-order valence-corrected chi connectivity index (χ0v) is 15.2. The molecule has 1 aliphatic heterocycles. The van der Waals surface area contributed by atoms with Crippen LogP contribution in [0.1, 0.15) is 35.0 Å². The topological polar surface area (TPSA) is 59.2 Å². The molecule has 27 heavy (non-hydrogen) atoms. The number of benzene rings is 2. The van der Waals surface area contributed by atoms with Crippen molar-refractivity contribution in [2.24, 2.45) is 0 Å². The molecule has 1 fully saturated rings. The molecule has 1 aromatic heterocycles. The maximum absolute atomic E-state index is 13.4. The van der Waals surface area contributed by atoms with Gasteiger partial charge in [0.15, 0.2) is 0 Å². The van der Waals surface area contributed by atoms with E-state index >= 15 is 0 Å². The number of aromatic nitrogens is 2. The quantitative estimate of drug-likeness (QED) is 0.663. The molecule has 3 aromatic rings. The molecule has 4 rings (SSSR count). The van der Waals surface area contributed by atoms with Crippen molar-refractivity contribution >= 4 is 17.5 Å². The lowest BCUT2D eigenvalue weighted by molar-refractivity contribution is 0.0695. The number of halogens is 2. The highest BCUT2D eigenvalue weighted by Crippen LogP contribution is 2.28. The van der Waals surface area contributed by atoms with Crippen LogP contribution in [-0.4, -0.2) is 34.0 Å². The molecule has 1 aliphatic rings. The van der Waals surface area contributed by atoms with Crippen molar-refractivity contribution in [1.82, 2.24) is 15.0 Å². The minimum Gasteiger partial charge on any atom is -0.339 e. The zero-order chi connectivity index (χ0) is 18.8. The number of carbonyl (C=O) groups excluding carboxylic acids is 1. The van der Waals surface area contributed by atoms with Crippen LogP contribution in [0.25, 0.3) is 11.4 Å². The third kappa shape index (κ3) is 3.85. The summed E-state index contributed by atoms with van der Waals surface area (Å²) < 4.78 is 18.8. The Morgan fingerprint density at radius 1 is 1.22 bits per heavy atom. The van der Waals surface area contributed by atoms with E-state index in [1.807, 2.05) is 0 Å². The number of hydrogen-bond acceptors (Lipinski definition) is 4. The molecule has 7 heteroatoms. The van der Waals surface area contributed by atoms with E-state index in [2.05, 4.69) is 10.1 Å². The van der Waals surface area contributed by atoms with E-state index in [1.54, 1.807) is 41.3 Å². The van der Waals surface area contributed by atoms with Gasteiger partial charge in [-0.2, -0.15) is 4.98 Å². The van der Waals surface area contributed by atoms with E-state index in [1.165, 1.54) is 12.1 Å². The molecule has 2 aromatic carbocycles. The maximum Gasteiger partial charge on any atom is 0.253 e. The predicted molar refractivity (Wildman–Crippen MR) is 99.0 cm³/mol. The molecule has 1 unspecified atom stereocenters. The van der Waals surface area contributed by atoms with Gasteiger partial charge in [0.1, 0.15) is 5.82 Å². The van der Waals surface area contributed by atoms with Crippen molar-refractivity contribution in [3.05, 3.63) is 70.8 Å². The Morgan fingerprint density at radius 2 is 2.04 bits per heavy atom. The Labute approximate surface area is 160 Å². The number of rotatable bonds is 3. The van der Waals surface area contributed by atoms with Gasteiger partial charge in [-0.05, 0) is 49.2 Å². The van der Waals surface area contributed by atoms with E-state index in [0.29, 0.717) is 41.0 Å². The van der Waals surface area contributed by atoms with E-state index in [0.717, 1.165) is 12.8 Å². The van der Waals surface area contributed by atoms with Crippen LogP contribution in [-0.2, 0) is 0 Å². The Bertz CT molecular complexity index is 958. The van der Waals surface area contributed by atoms with Crippen molar-refractivity contribution in [1.29, 1.82) is 0 Å². The van der Waals surface area contributed by atoms with Gasteiger partial charge in [-0.15, -0.1) is 0 Å². The molecule has 1 saturated heterocycles. The molecular weight excluding hydrogens is 369 g/mol. The summed E-state index contributed by atoms with van der Waals surface area (Å²) in [6.45, 7) is 1.19. The lowest BCUT2D eigenvalue weighted by Gasteiger charge is -2.31. The van der Waals surface area contributed by atoms with Crippen molar-refractivity contribution in [2.75, 3.05) is 13.1 Å².